The molecular formula is C10H16BrF2NO2. The zero-order valence-electron chi connectivity index (χ0n) is 8.98. The van der Waals surface area contributed by atoms with Crippen LogP contribution in [0.3, 0.4) is 0 Å². The van der Waals surface area contributed by atoms with Crippen LogP contribution in [-0.4, -0.2) is 37.4 Å². The maximum Gasteiger partial charge on any atom is 0.261 e. The maximum absolute atomic E-state index is 11.7. The standard InChI is InChI=1S/C10H16BrF2NO2/c11-6-10(2-3-10)7-14-9(15)1-4-16-5-8(12)13/h8H,1-7H2,(H,14,15). The Bertz CT molecular complexity index is 235. The molecule has 0 unspecified atom stereocenters. The Balaban J connectivity index is 1.99. The first-order chi connectivity index (χ1) is 7.58. The summed E-state index contributed by atoms with van der Waals surface area (Å²) < 4.78 is 28.0. The second kappa shape index (κ2) is 6.49. The molecule has 0 aromatic carbocycles. The Morgan fingerprint density at radius 1 is 1.50 bits per heavy atom. The van der Waals surface area contributed by atoms with Gasteiger partial charge in [-0.2, -0.15) is 0 Å². The van der Waals surface area contributed by atoms with E-state index in [2.05, 4.69) is 26.0 Å². The van der Waals surface area contributed by atoms with Crippen molar-refractivity contribution in [3.63, 3.8) is 0 Å². The topological polar surface area (TPSA) is 38.3 Å². The third-order valence-electron chi connectivity index (χ3n) is 2.62. The van der Waals surface area contributed by atoms with E-state index < -0.39 is 13.0 Å². The van der Waals surface area contributed by atoms with Crippen LogP contribution in [0.2, 0.25) is 0 Å². The molecule has 1 rings (SSSR count). The van der Waals surface area contributed by atoms with Crippen molar-refractivity contribution in [3.8, 4) is 0 Å². The molecule has 0 spiro atoms. The molecule has 0 aliphatic heterocycles. The lowest BCUT2D eigenvalue weighted by atomic mass is 10.1. The molecule has 0 saturated heterocycles. The summed E-state index contributed by atoms with van der Waals surface area (Å²) in [5.41, 5.74) is 0.236. The van der Waals surface area contributed by atoms with Crippen LogP contribution in [0.1, 0.15) is 19.3 Å². The number of hydrogen-bond acceptors (Lipinski definition) is 2. The smallest absolute Gasteiger partial charge is 0.261 e. The summed E-state index contributed by atoms with van der Waals surface area (Å²) in [4.78, 5) is 11.3. The Kier molecular flexibility index (Phi) is 5.61. The van der Waals surface area contributed by atoms with Gasteiger partial charge < -0.3 is 10.1 Å². The first kappa shape index (κ1) is 13.8. The van der Waals surface area contributed by atoms with Crippen LogP contribution in [0.25, 0.3) is 0 Å². The van der Waals surface area contributed by atoms with Gasteiger partial charge in [-0.3, -0.25) is 4.79 Å². The number of hydrogen-bond donors (Lipinski definition) is 1. The predicted molar refractivity (Wildman–Crippen MR) is 59.9 cm³/mol. The van der Waals surface area contributed by atoms with Crippen molar-refractivity contribution >= 4 is 21.8 Å². The van der Waals surface area contributed by atoms with Gasteiger partial charge in [0.05, 0.1) is 6.61 Å². The average molecular weight is 300 g/mol. The number of amides is 1. The van der Waals surface area contributed by atoms with Gasteiger partial charge in [-0.1, -0.05) is 15.9 Å². The molecule has 16 heavy (non-hydrogen) atoms. The summed E-state index contributed by atoms with van der Waals surface area (Å²) in [5.74, 6) is -0.138. The quantitative estimate of drug-likeness (QED) is 0.549. The van der Waals surface area contributed by atoms with Gasteiger partial charge in [0.2, 0.25) is 5.91 Å². The number of ether oxygens (including phenoxy) is 1. The molecule has 1 aliphatic rings. The zero-order chi connectivity index (χ0) is 12.0. The fourth-order valence-electron chi connectivity index (χ4n) is 1.25. The van der Waals surface area contributed by atoms with Gasteiger partial charge in [-0.05, 0) is 18.3 Å². The van der Waals surface area contributed by atoms with E-state index in [-0.39, 0.29) is 24.3 Å². The van der Waals surface area contributed by atoms with Crippen molar-refractivity contribution in [3.05, 3.63) is 0 Å². The van der Waals surface area contributed by atoms with Crippen molar-refractivity contribution in [1.29, 1.82) is 0 Å². The number of halogens is 3. The van der Waals surface area contributed by atoms with Crippen molar-refractivity contribution < 1.29 is 18.3 Å². The average Bonchev–Trinajstić information content (AvgIpc) is 3.02. The third kappa shape index (κ3) is 5.21. The van der Waals surface area contributed by atoms with Crippen LogP contribution in [-0.2, 0) is 9.53 Å². The van der Waals surface area contributed by atoms with E-state index in [1.807, 2.05) is 0 Å². The summed E-state index contributed by atoms with van der Waals surface area (Å²) in [7, 11) is 0. The highest BCUT2D eigenvalue weighted by Crippen LogP contribution is 2.46. The molecule has 1 amide bonds. The van der Waals surface area contributed by atoms with E-state index in [1.165, 1.54) is 0 Å². The molecule has 3 nitrogen and oxygen atoms in total. The summed E-state index contributed by atoms with van der Waals surface area (Å²) in [6.45, 7) is 0.113. The van der Waals surface area contributed by atoms with E-state index in [0.29, 0.717) is 6.54 Å². The van der Waals surface area contributed by atoms with Gasteiger partial charge >= 0.3 is 0 Å². The fourth-order valence-corrected chi connectivity index (χ4v) is 2.01. The number of alkyl halides is 3. The lowest BCUT2D eigenvalue weighted by Crippen LogP contribution is -2.31. The summed E-state index contributed by atoms with van der Waals surface area (Å²) in [6.07, 6.45) is -0.0717. The molecule has 0 bridgehead atoms. The Labute approximate surface area is 102 Å². The molecule has 94 valence electrons. The minimum Gasteiger partial charge on any atom is -0.375 e. The molecular weight excluding hydrogens is 284 g/mol. The van der Waals surface area contributed by atoms with E-state index >= 15 is 0 Å². The second-order valence-electron chi connectivity index (χ2n) is 4.13. The number of carbonyl (C=O) groups is 1. The largest absolute Gasteiger partial charge is 0.375 e. The van der Waals surface area contributed by atoms with Gasteiger partial charge in [0, 0.05) is 18.3 Å². The van der Waals surface area contributed by atoms with E-state index in [9.17, 15) is 13.6 Å². The molecule has 1 N–H and O–H groups in total. The van der Waals surface area contributed by atoms with Crippen molar-refractivity contribution in [2.75, 3.05) is 25.1 Å². The lowest BCUT2D eigenvalue weighted by Gasteiger charge is -2.12. The maximum atomic E-state index is 11.7. The molecule has 6 heteroatoms. The Morgan fingerprint density at radius 3 is 2.69 bits per heavy atom. The minimum absolute atomic E-state index is 0.0531. The number of carbonyl (C=O) groups excluding carboxylic acids is 1. The molecule has 1 fully saturated rings. The van der Waals surface area contributed by atoms with E-state index in [0.717, 1.165) is 18.2 Å². The first-order valence-electron chi connectivity index (χ1n) is 5.26. The second-order valence-corrected chi connectivity index (χ2v) is 4.69. The van der Waals surface area contributed by atoms with Crippen LogP contribution < -0.4 is 5.32 Å². The molecule has 0 aromatic heterocycles. The highest BCUT2D eigenvalue weighted by molar-refractivity contribution is 9.09. The summed E-state index contributed by atoms with van der Waals surface area (Å²) in [6, 6.07) is 0. The minimum atomic E-state index is -2.47. The highest BCUT2D eigenvalue weighted by Gasteiger charge is 2.41. The molecule has 1 aliphatic carbocycles. The molecule has 0 aromatic rings. The van der Waals surface area contributed by atoms with Crippen LogP contribution >= 0.6 is 15.9 Å². The van der Waals surface area contributed by atoms with Gasteiger partial charge in [0.1, 0.15) is 6.61 Å². The van der Waals surface area contributed by atoms with Gasteiger partial charge in [-0.15, -0.1) is 0 Å². The lowest BCUT2D eigenvalue weighted by molar-refractivity contribution is -0.122. The van der Waals surface area contributed by atoms with Crippen LogP contribution in [0.4, 0.5) is 8.78 Å². The predicted octanol–water partition coefficient (Wildman–Crippen LogP) is 1.95. The normalized spacial score (nSPS) is 17.5. The fraction of sp³-hybridized carbons (Fsp3) is 0.900. The van der Waals surface area contributed by atoms with E-state index in [1.54, 1.807) is 0 Å². The van der Waals surface area contributed by atoms with Crippen LogP contribution in [0, 0.1) is 5.41 Å². The van der Waals surface area contributed by atoms with Gasteiger partial charge in [0.15, 0.2) is 0 Å². The number of rotatable bonds is 8. The Morgan fingerprint density at radius 2 is 2.19 bits per heavy atom. The monoisotopic (exact) mass is 299 g/mol. The van der Waals surface area contributed by atoms with E-state index in [4.69, 9.17) is 0 Å². The van der Waals surface area contributed by atoms with Gasteiger partial charge in [-0.25, -0.2) is 8.78 Å². The third-order valence-corrected chi connectivity index (χ3v) is 3.81. The zero-order valence-corrected chi connectivity index (χ0v) is 10.6. The summed E-state index contributed by atoms with van der Waals surface area (Å²) >= 11 is 3.40. The number of nitrogens with one attached hydrogen (secondary N) is 1. The van der Waals surface area contributed by atoms with Crippen molar-refractivity contribution in [2.45, 2.75) is 25.7 Å². The van der Waals surface area contributed by atoms with Gasteiger partial charge in [0.25, 0.3) is 6.43 Å². The molecule has 0 atom stereocenters. The Hall–Kier alpha value is -0.230. The van der Waals surface area contributed by atoms with Crippen LogP contribution in [0.5, 0.6) is 0 Å². The molecule has 0 heterocycles. The first-order valence-corrected chi connectivity index (χ1v) is 6.39. The SMILES string of the molecule is O=C(CCOCC(F)F)NCC1(CBr)CC1. The molecule has 1 saturated carbocycles. The van der Waals surface area contributed by atoms with Crippen molar-refractivity contribution in [1.82, 2.24) is 5.32 Å². The molecule has 0 radical (unpaired) electrons. The highest BCUT2D eigenvalue weighted by atomic mass is 79.9. The van der Waals surface area contributed by atoms with Crippen molar-refractivity contribution in [2.24, 2.45) is 5.41 Å². The van der Waals surface area contributed by atoms with Crippen LogP contribution in [0.15, 0.2) is 0 Å². The summed E-state index contributed by atoms with van der Waals surface area (Å²) in [5, 5.41) is 3.68.